The summed E-state index contributed by atoms with van der Waals surface area (Å²) in [5.74, 6) is -1.86. The molecule has 0 aliphatic carbocycles. The number of carbonyl (C=O) groups excluding carboxylic acids is 2. The highest BCUT2D eigenvalue weighted by molar-refractivity contribution is 5.92. The van der Waals surface area contributed by atoms with Crippen LogP contribution >= 0.6 is 0 Å². The standard InChI is InChI=1S/C12H22N2O7/c1-6(2)10(19)14-4-3-12(21,11(13)20)9(18)8(17)7(16)5-15/h7-9,15-18,21H,1,3-5H2,2H3,(H2,13,20)(H,14,19)/t7-,8-,9+,12-/m1/s1. The molecule has 0 saturated carbocycles. The van der Waals surface area contributed by atoms with Crippen LogP contribution in [-0.4, -0.2) is 74.4 Å². The predicted molar refractivity (Wildman–Crippen MR) is 71.7 cm³/mol. The Hall–Kier alpha value is -1.52. The van der Waals surface area contributed by atoms with Crippen LogP contribution in [0.1, 0.15) is 13.3 Å². The normalized spacial score (nSPS) is 18.2. The largest absolute Gasteiger partial charge is 0.394 e. The van der Waals surface area contributed by atoms with Gasteiger partial charge in [-0.15, -0.1) is 0 Å². The van der Waals surface area contributed by atoms with Gasteiger partial charge in [0, 0.05) is 18.5 Å². The van der Waals surface area contributed by atoms with Crippen LogP contribution in [0, 0.1) is 0 Å². The minimum atomic E-state index is -2.59. The van der Waals surface area contributed by atoms with Gasteiger partial charge in [0.2, 0.25) is 5.91 Å². The highest BCUT2D eigenvalue weighted by Gasteiger charge is 2.46. The third kappa shape index (κ3) is 5.06. The van der Waals surface area contributed by atoms with E-state index in [0.29, 0.717) is 0 Å². The monoisotopic (exact) mass is 306 g/mol. The summed E-state index contributed by atoms with van der Waals surface area (Å²) < 4.78 is 0. The molecule has 9 heteroatoms. The Labute approximate surface area is 121 Å². The van der Waals surface area contributed by atoms with Gasteiger partial charge in [0.1, 0.15) is 18.3 Å². The molecular weight excluding hydrogens is 284 g/mol. The van der Waals surface area contributed by atoms with Crippen molar-refractivity contribution in [3.05, 3.63) is 12.2 Å². The van der Waals surface area contributed by atoms with Crippen molar-refractivity contribution in [1.29, 1.82) is 0 Å². The van der Waals surface area contributed by atoms with E-state index in [2.05, 4.69) is 11.9 Å². The maximum Gasteiger partial charge on any atom is 0.252 e. The second kappa shape index (κ2) is 8.05. The molecule has 0 aliphatic rings. The van der Waals surface area contributed by atoms with Crippen LogP contribution in [0.5, 0.6) is 0 Å². The van der Waals surface area contributed by atoms with Crippen LogP contribution < -0.4 is 11.1 Å². The van der Waals surface area contributed by atoms with Gasteiger partial charge in [-0.3, -0.25) is 9.59 Å². The van der Waals surface area contributed by atoms with Gasteiger partial charge in [0.05, 0.1) is 6.61 Å². The molecular formula is C12H22N2O7. The number of carbonyl (C=O) groups is 2. The van der Waals surface area contributed by atoms with E-state index in [1.165, 1.54) is 6.92 Å². The van der Waals surface area contributed by atoms with E-state index in [9.17, 15) is 30.0 Å². The zero-order valence-corrected chi connectivity index (χ0v) is 11.7. The fourth-order valence-electron chi connectivity index (χ4n) is 1.54. The molecule has 0 aromatic heterocycles. The molecule has 21 heavy (non-hydrogen) atoms. The van der Waals surface area contributed by atoms with Crippen LogP contribution in [0.25, 0.3) is 0 Å². The first-order chi connectivity index (χ1) is 9.57. The molecule has 2 amide bonds. The summed E-state index contributed by atoms with van der Waals surface area (Å²) in [5, 5.41) is 49.6. The van der Waals surface area contributed by atoms with Crippen molar-refractivity contribution in [2.45, 2.75) is 37.3 Å². The predicted octanol–water partition coefficient (Wildman–Crippen LogP) is -3.64. The van der Waals surface area contributed by atoms with Crippen molar-refractivity contribution in [3.63, 3.8) is 0 Å². The number of aliphatic hydroxyl groups excluding tert-OH is 4. The van der Waals surface area contributed by atoms with E-state index in [-0.39, 0.29) is 12.1 Å². The molecule has 0 heterocycles. The van der Waals surface area contributed by atoms with Gasteiger partial charge < -0.3 is 36.6 Å². The summed E-state index contributed by atoms with van der Waals surface area (Å²) in [6, 6.07) is 0. The first kappa shape index (κ1) is 19.5. The number of nitrogens with one attached hydrogen (secondary N) is 1. The Kier molecular flexibility index (Phi) is 7.47. The van der Waals surface area contributed by atoms with Crippen molar-refractivity contribution in [2.75, 3.05) is 13.2 Å². The second-order valence-corrected chi connectivity index (χ2v) is 4.76. The maximum atomic E-state index is 11.3. The molecule has 0 unspecified atom stereocenters. The molecule has 9 nitrogen and oxygen atoms in total. The number of amides is 2. The molecule has 122 valence electrons. The van der Waals surface area contributed by atoms with E-state index in [4.69, 9.17) is 10.8 Å². The summed E-state index contributed by atoms with van der Waals surface area (Å²) in [6.07, 6.45) is -6.41. The summed E-state index contributed by atoms with van der Waals surface area (Å²) in [6.45, 7) is 3.72. The lowest BCUT2D eigenvalue weighted by atomic mass is 9.86. The maximum absolute atomic E-state index is 11.3. The van der Waals surface area contributed by atoms with Crippen molar-refractivity contribution in [1.82, 2.24) is 5.32 Å². The number of aliphatic hydroxyl groups is 5. The molecule has 0 radical (unpaired) electrons. The average molecular weight is 306 g/mol. The van der Waals surface area contributed by atoms with E-state index in [1.807, 2.05) is 0 Å². The Morgan fingerprint density at radius 2 is 1.86 bits per heavy atom. The molecule has 0 aromatic carbocycles. The van der Waals surface area contributed by atoms with Gasteiger partial charge in [-0.1, -0.05) is 6.58 Å². The lowest BCUT2D eigenvalue weighted by Crippen LogP contribution is -2.61. The summed E-state index contributed by atoms with van der Waals surface area (Å²) in [5.41, 5.74) is 2.61. The van der Waals surface area contributed by atoms with Crippen LogP contribution in [0.4, 0.5) is 0 Å². The van der Waals surface area contributed by atoms with E-state index in [1.54, 1.807) is 0 Å². The Bertz CT molecular complexity index is 401. The molecule has 0 fully saturated rings. The van der Waals surface area contributed by atoms with Crippen LogP contribution in [-0.2, 0) is 9.59 Å². The lowest BCUT2D eigenvalue weighted by molar-refractivity contribution is -0.175. The molecule has 0 spiro atoms. The van der Waals surface area contributed by atoms with Gasteiger partial charge >= 0.3 is 0 Å². The highest BCUT2D eigenvalue weighted by atomic mass is 16.4. The Morgan fingerprint density at radius 1 is 1.33 bits per heavy atom. The van der Waals surface area contributed by atoms with Gasteiger partial charge in [0.25, 0.3) is 5.91 Å². The lowest BCUT2D eigenvalue weighted by Gasteiger charge is -2.34. The van der Waals surface area contributed by atoms with E-state index in [0.717, 1.165) is 0 Å². The molecule has 0 aliphatic heterocycles. The third-order valence-electron chi connectivity index (χ3n) is 3.00. The van der Waals surface area contributed by atoms with E-state index < -0.39 is 48.8 Å². The van der Waals surface area contributed by atoms with E-state index >= 15 is 0 Å². The second-order valence-electron chi connectivity index (χ2n) is 4.76. The molecule has 0 bridgehead atoms. The number of primary amides is 1. The van der Waals surface area contributed by atoms with Crippen molar-refractivity contribution >= 4 is 11.8 Å². The van der Waals surface area contributed by atoms with Gasteiger partial charge in [-0.2, -0.15) is 0 Å². The van der Waals surface area contributed by atoms with Crippen molar-refractivity contribution in [2.24, 2.45) is 5.73 Å². The zero-order chi connectivity index (χ0) is 16.8. The number of hydrogen-bond acceptors (Lipinski definition) is 7. The smallest absolute Gasteiger partial charge is 0.252 e. The highest BCUT2D eigenvalue weighted by Crippen LogP contribution is 2.19. The summed E-state index contributed by atoms with van der Waals surface area (Å²) in [4.78, 5) is 22.6. The molecule has 0 saturated heterocycles. The molecule has 8 N–H and O–H groups in total. The quantitative estimate of drug-likeness (QED) is 0.215. The minimum Gasteiger partial charge on any atom is -0.394 e. The minimum absolute atomic E-state index is 0.203. The first-order valence-corrected chi connectivity index (χ1v) is 6.19. The summed E-state index contributed by atoms with van der Waals surface area (Å²) >= 11 is 0. The summed E-state index contributed by atoms with van der Waals surface area (Å²) in [7, 11) is 0. The average Bonchev–Trinajstić information content (AvgIpc) is 2.43. The SMILES string of the molecule is C=C(C)C(=O)NCC[C@](O)(C(N)=O)[C@@H](O)[C@H](O)[C@H](O)CO. The topological polar surface area (TPSA) is 173 Å². The van der Waals surface area contributed by atoms with Crippen LogP contribution in [0.15, 0.2) is 12.2 Å². The van der Waals surface area contributed by atoms with Gasteiger partial charge in [0.15, 0.2) is 5.60 Å². The van der Waals surface area contributed by atoms with Gasteiger partial charge in [-0.05, 0) is 6.92 Å². The fourth-order valence-corrected chi connectivity index (χ4v) is 1.54. The van der Waals surface area contributed by atoms with Crippen molar-refractivity contribution < 1.29 is 35.1 Å². The Balaban J connectivity index is 4.88. The number of hydrogen-bond donors (Lipinski definition) is 7. The Morgan fingerprint density at radius 3 is 2.24 bits per heavy atom. The zero-order valence-electron chi connectivity index (χ0n) is 11.7. The van der Waals surface area contributed by atoms with Gasteiger partial charge in [-0.25, -0.2) is 0 Å². The fraction of sp³-hybridized carbons (Fsp3) is 0.667. The van der Waals surface area contributed by atoms with Crippen LogP contribution in [0.3, 0.4) is 0 Å². The number of rotatable bonds is 9. The molecule has 0 rings (SSSR count). The number of nitrogens with two attached hydrogens (primary N) is 1. The van der Waals surface area contributed by atoms with Crippen molar-refractivity contribution in [3.8, 4) is 0 Å². The first-order valence-electron chi connectivity index (χ1n) is 6.19. The van der Waals surface area contributed by atoms with Crippen LogP contribution in [0.2, 0.25) is 0 Å². The molecule has 0 aromatic rings. The molecule has 4 atom stereocenters. The third-order valence-corrected chi connectivity index (χ3v) is 3.00.